The molecule has 2 aliphatic carbocycles. The molecule has 2 fully saturated rings. The fourth-order valence-electron chi connectivity index (χ4n) is 7.61. The van der Waals surface area contributed by atoms with Gasteiger partial charge in [0.2, 0.25) is 5.91 Å². The van der Waals surface area contributed by atoms with E-state index >= 15 is 0 Å². The number of hydrogen-bond acceptors (Lipinski definition) is 4. The molecule has 8 nitrogen and oxygen atoms in total. The minimum atomic E-state index is -1.63. The minimum Gasteiger partial charge on any atom is -0.497 e. The van der Waals surface area contributed by atoms with Crippen LogP contribution in [0.5, 0.6) is 5.75 Å². The molecule has 1 aromatic heterocycles. The first-order valence-electron chi connectivity index (χ1n) is 18.5. The molecule has 0 spiro atoms. The molecule has 50 heavy (non-hydrogen) atoms. The van der Waals surface area contributed by atoms with E-state index < -0.39 is 16.6 Å². The molecule has 3 atom stereocenters. The summed E-state index contributed by atoms with van der Waals surface area (Å²) in [4.78, 5) is 27.0. The number of aromatic nitrogens is 1. The third-order valence-corrected chi connectivity index (χ3v) is 13.1. The lowest BCUT2D eigenvalue weighted by atomic mass is 9.68. The molecule has 0 radical (unpaired) electrons. The minimum absolute atomic E-state index is 0.0395. The van der Waals surface area contributed by atoms with E-state index in [1.54, 1.807) is 21.2 Å². The summed E-state index contributed by atoms with van der Waals surface area (Å²) in [6.45, 7) is 18.4. The molecule has 2 heterocycles. The molecule has 2 saturated carbocycles. The van der Waals surface area contributed by atoms with Gasteiger partial charge in [-0.2, -0.15) is 0 Å². The van der Waals surface area contributed by atoms with Gasteiger partial charge in [-0.3, -0.25) is 14.3 Å². The van der Waals surface area contributed by atoms with Crippen molar-refractivity contribution in [3.05, 3.63) is 53.1 Å². The summed E-state index contributed by atoms with van der Waals surface area (Å²) in [5.41, 5.74) is 6.58. The number of carbonyl (C=O) groups excluding carboxylic acids is 2. The van der Waals surface area contributed by atoms with Gasteiger partial charge in [-0.05, 0) is 91.3 Å². The molecule has 2 N–H and O–H groups in total. The zero-order valence-electron chi connectivity index (χ0n) is 32.3. The second-order valence-electron chi connectivity index (χ2n) is 16.9. The van der Waals surface area contributed by atoms with E-state index in [4.69, 9.17) is 4.74 Å². The van der Waals surface area contributed by atoms with Crippen molar-refractivity contribution in [1.29, 1.82) is 0 Å². The van der Waals surface area contributed by atoms with Crippen molar-refractivity contribution in [2.75, 3.05) is 21.2 Å². The number of ether oxygens (including phenoxy) is 1. The number of fused-ring (bicyclic) bond motifs is 7. The van der Waals surface area contributed by atoms with Gasteiger partial charge < -0.3 is 14.6 Å². The Morgan fingerprint density at radius 3 is 2.28 bits per heavy atom. The highest BCUT2D eigenvalue weighted by molar-refractivity contribution is 7.81. The van der Waals surface area contributed by atoms with Crippen LogP contribution in [-0.4, -0.2) is 52.1 Å². The van der Waals surface area contributed by atoms with Crippen LogP contribution in [-0.2, 0) is 22.5 Å². The zero-order valence-corrected chi connectivity index (χ0v) is 33.1. The molecule has 0 saturated heterocycles. The molecule has 3 unspecified atom stereocenters. The topological polar surface area (TPSA) is 92.7 Å². The summed E-state index contributed by atoms with van der Waals surface area (Å²) in [5, 5.41) is 4.34. The Kier molecular flexibility index (Phi) is 11.0. The van der Waals surface area contributed by atoms with Crippen LogP contribution < -0.4 is 14.8 Å². The first-order chi connectivity index (χ1) is 23.5. The summed E-state index contributed by atoms with van der Waals surface area (Å²) < 4.78 is 24.4. The molecule has 3 aromatic rings. The Bertz CT molecular complexity index is 1760. The van der Waals surface area contributed by atoms with E-state index in [9.17, 15) is 13.8 Å². The number of amides is 2. The van der Waals surface area contributed by atoms with Gasteiger partial charge >= 0.3 is 0 Å². The maximum absolute atomic E-state index is 13.8. The quantitative estimate of drug-likeness (QED) is 0.245. The Hall–Kier alpha value is -3.17. The first kappa shape index (κ1) is 38.1. The monoisotopic (exact) mass is 704 g/mol. The largest absolute Gasteiger partial charge is 0.497 e. The van der Waals surface area contributed by atoms with Crippen LogP contribution in [0.15, 0.2) is 36.4 Å². The van der Waals surface area contributed by atoms with E-state index in [1.807, 2.05) is 32.0 Å². The van der Waals surface area contributed by atoms with Crippen molar-refractivity contribution < 1.29 is 18.5 Å². The summed E-state index contributed by atoms with van der Waals surface area (Å²) in [5.74, 6) is 0.993. The molecule has 6 rings (SSSR count). The second kappa shape index (κ2) is 14.5. The SMILES string of the molecule is CCC(C)(C)C(C)(C)C.COc1ccc2c(c1)C1CC1(C(=O)NC(C)C)Cn1c-2c(C2CCCCC2)c2ccc(C(=O)NS(=O)N(C)C)cc21. The van der Waals surface area contributed by atoms with Crippen molar-refractivity contribution in [3.8, 4) is 17.0 Å². The predicted octanol–water partition coefficient (Wildman–Crippen LogP) is 8.72. The van der Waals surface area contributed by atoms with Crippen LogP contribution in [0.2, 0.25) is 0 Å². The molecular weight excluding hydrogens is 645 g/mol. The van der Waals surface area contributed by atoms with E-state index in [1.165, 1.54) is 46.8 Å². The summed E-state index contributed by atoms with van der Waals surface area (Å²) in [6.07, 6.45) is 7.95. The average Bonchev–Trinajstić information content (AvgIpc) is 3.74. The van der Waals surface area contributed by atoms with Gasteiger partial charge in [0.05, 0.1) is 18.2 Å². The van der Waals surface area contributed by atoms with Gasteiger partial charge in [-0.15, -0.1) is 0 Å². The smallest absolute Gasteiger partial charge is 0.264 e. The van der Waals surface area contributed by atoms with Crippen LogP contribution in [0.3, 0.4) is 0 Å². The Balaban J connectivity index is 0.000000478. The highest BCUT2D eigenvalue weighted by Crippen LogP contribution is 2.65. The van der Waals surface area contributed by atoms with Crippen LogP contribution in [0.25, 0.3) is 22.2 Å². The highest BCUT2D eigenvalue weighted by atomic mass is 32.2. The fourth-order valence-corrected chi connectivity index (χ4v) is 8.07. The number of nitrogens with zero attached hydrogens (tertiary/aromatic N) is 2. The molecule has 0 bridgehead atoms. The standard InChI is InChI=1S/C32H40N4O4S.C9H20/c1-19(2)33-31(38)32-17-26(32)25-16-22(40-5)12-14-23(25)29-28(20-9-7-6-8-10-20)24-13-11-21(15-27(24)36(29)18-32)30(37)34-41(39)35(3)4;1-7-9(5,6)8(2,3)4/h11-16,19-20,26H,6-10,17-18H2,1-5H3,(H,33,38)(H,34,37);7H2,1-6H3. The zero-order chi connectivity index (χ0) is 36.8. The lowest BCUT2D eigenvalue weighted by Gasteiger charge is -2.37. The molecule has 3 aliphatic rings. The van der Waals surface area contributed by atoms with Gasteiger partial charge in [0.25, 0.3) is 5.91 Å². The van der Waals surface area contributed by atoms with Crippen molar-refractivity contribution in [1.82, 2.24) is 18.9 Å². The number of rotatable bonds is 8. The Labute approximate surface area is 302 Å². The number of carbonyl (C=O) groups is 2. The lowest BCUT2D eigenvalue weighted by Crippen LogP contribution is -2.39. The van der Waals surface area contributed by atoms with E-state index in [0.717, 1.165) is 41.5 Å². The van der Waals surface area contributed by atoms with Gasteiger partial charge in [0, 0.05) is 54.6 Å². The third kappa shape index (κ3) is 7.27. The maximum atomic E-state index is 13.8. The molecule has 274 valence electrons. The lowest BCUT2D eigenvalue weighted by molar-refractivity contribution is -0.127. The van der Waals surface area contributed by atoms with Crippen LogP contribution in [0, 0.1) is 16.2 Å². The average molecular weight is 705 g/mol. The van der Waals surface area contributed by atoms with E-state index in [0.29, 0.717) is 28.9 Å². The molecule has 9 heteroatoms. The Morgan fingerprint density at radius 2 is 1.72 bits per heavy atom. The van der Waals surface area contributed by atoms with E-state index in [-0.39, 0.29) is 23.8 Å². The number of nitrogens with one attached hydrogen (secondary N) is 2. The maximum Gasteiger partial charge on any atom is 0.264 e. The molecule has 2 aromatic carbocycles. The summed E-state index contributed by atoms with van der Waals surface area (Å²) in [6, 6.07) is 12.2. The fraction of sp³-hybridized carbons (Fsp3) is 0.610. The molecule has 2 amide bonds. The van der Waals surface area contributed by atoms with Crippen molar-refractivity contribution in [3.63, 3.8) is 0 Å². The van der Waals surface area contributed by atoms with Crippen molar-refractivity contribution in [2.24, 2.45) is 16.2 Å². The van der Waals surface area contributed by atoms with Crippen LogP contribution in [0.4, 0.5) is 0 Å². The van der Waals surface area contributed by atoms with Crippen molar-refractivity contribution >= 4 is 33.9 Å². The molecule has 1 aliphatic heterocycles. The van der Waals surface area contributed by atoms with E-state index in [2.05, 4.69) is 74.3 Å². The summed E-state index contributed by atoms with van der Waals surface area (Å²) in [7, 11) is 5.00. The first-order valence-corrected chi connectivity index (χ1v) is 19.6. The summed E-state index contributed by atoms with van der Waals surface area (Å²) >= 11 is -1.63. The van der Waals surface area contributed by atoms with Crippen LogP contribution >= 0.6 is 0 Å². The van der Waals surface area contributed by atoms with Gasteiger partial charge in [-0.25, -0.2) is 8.51 Å². The van der Waals surface area contributed by atoms with Gasteiger partial charge in [0.1, 0.15) is 5.75 Å². The normalized spacial score (nSPS) is 20.9. The van der Waals surface area contributed by atoms with Crippen LogP contribution in [0.1, 0.15) is 134 Å². The molecular formula is C41H60N4O4S. The Morgan fingerprint density at radius 1 is 1.04 bits per heavy atom. The highest BCUT2D eigenvalue weighted by Gasteiger charge is 2.62. The van der Waals surface area contributed by atoms with Gasteiger partial charge in [0.15, 0.2) is 11.2 Å². The number of methoxy groups -OCH3 is 1. The number of hydrogen-bond donors (Lipinski definition) is 2. The van der Waals surface area contributed by atoms with Crippen molar-refractivity contribution in [2.45, 2.75) is 125 Å². The second-order valence-corrected chi connectivity index (χ2v) is 18.3. The third-order valence-electron chi connectivity index (χ3n) is 12.1. The van der Waals surface area contributed by atoms with Gasteiger partial charge in [-0.1, -0.05) is 73.3 Å². The predicted molar refractivity (Wildman–Crippen MR) is 206 cm³/mol. The number of benzene rings is 2.